The number of aryl methyl sites for hydroxylation is 1. The molecule has 0 radical (unpaired) electrons. The van der Waals surface area contributed by atoms with Crippen LogP contribution >= 0.6 is 0 Å². The first-order chi connectivity index (χ1) is 22.0. The van der Waals surface area contributed by atoms with Crippen LogP contribution in [0.1, 0.15) is 84.2 Å². The quantitative estimate of drug-likeness (QED) is 0.162. The molecule has 1 aliphatic rings. The zero-order chi connectivity index (χ0) is 33.2. The number of rotatable bonds is 11. The van der Waals surface area contributed by atoms with Gasteiger partial charge in [0.15, 0.2) is 5.82 Å². The minimum absolute atomic E-state index is 0.0172. The molecule has 0 unspecified atom stereocenters. The molecule has 1 atom stereocenters. The van der Waals surface area contributed by atoms with Gasteiger partial charge >= 0.3 is 11.9 Å². The van der Waals surface area contributed by atoms with E-state index in [4.69, 9.17) is 4.74 Å². The van der Waals surface area contributed by atoms with E-state index < -0.39 is 41.3 Å². The highest BCUT2D eigenvalue weighted by Gasteiger charge is 2.31. The number of benzene rings is 1. The standard InChI is InChI=1S/C34H32F3N5O4/c1-5-15-46-33(45)23-11-12-24-22(19(23)4)13-14-27(24)41-32(44)28-16-25(21(6-2)30-26(35)18-39-42(28)30)31(43)38-17-20-9-8-10-29(40-20)34(36,37)7-3/h5,7-12,16,18,27H,1,3,6,13-15,17H2,2,4H3,(H,38,43)(H,41,44)/t27-/m0/s1. The van der Waals surface area contributed by atoms with Crippen molar-refractivity contribution in [1.29, 1.82) is 0 Å². The fourth-order valence-electron chi connectivity index (χ4n) is 5.75. The van der Waals surface area contributed by atoms with E-state index in [0.29, 0.717) is 30.0 Å². The summed E-state index contributed by atoms with van der Waals surface area (Å²) in [7, 11) is 0. The van der Waals surface area contributed by atoms with E-state index in [-0.39, 0.29) is 42.0 Å². The van der Waals surface area contributed by atoms with Crippen molar-refractivity contribution in [1.82, 2.24) is 25.2 Å². The van der Waals surface area contributed by atoms with Crippen molar-refractivity contribution >= 4 is 23.3 Å². The normalized spacial score (nSPS) is 14.1. The lowest BCUT2D eigenvalue weighted by molar-refractivity contribution is 0.0473. The Kier molecular flexibility index (Phi) is 9.08. The Morgan fingerprint density at radius 1 is 1.15 bits per heavy atom. The maximum Gasteiger partial charge on any atom is 0.338 e. The molecule has 3 heterocycles. The predicted molar refractivity (Wildman–Crippen MR) is 164 cm³/mol. The second kappa shape index (κ2) is 13.0. The third-order valence-corrected chi connectivity index (χ3v) is 8.06. The molecule has 2 N–H and O–H groups in total. The third-order valence-electron chi connectivity index (χ3n) is 8.06. The average molecular weight is 632 g/mol. The van der Waals surface area contributed by atoms with Gasteiger partial charge in [0.25, 0.3) is 11.8 Å². The van der Waals surface area contributed by atoms with Crippen molar-refractivity contribution < 1.29 is 32.3 Å². The Bertz CT molecular complexity index is 1880. The number of hydrogen-bond donors (Lipinski definition) is 2. The number of esters is 1. The van der Waals surface area contributed by atoms with E-state index in [2.05, 4.69) is 33.9 Å². The van der Waals surface area contributed by atoms with Crippen LogP contribution in [0.3, 0.4) is 0 Å². The smallest absolute Gasteiger partial charge is 0.338 e. The average Bonchev–Trinajstić information content (AvgIpc) is 3.65. The maximum absolute atomic E-state index is 15.1. The van der Waals surface area contributed by atoms with Gasteiger partial charge in [0.05, 0.1) is 30.0 Å². The van der Waals surface area contributed by atoms with E-state index in [9.17, 15) is 23.2 Å². The molecule has 0 bridgehead atoms. The van der Waals surface area contributed by atoms with Gasteiger partial charge in [-0.3, -0.25) is 9.59 Å². The lowest BCUT2D eigenvalue weighted by Gasteiger charge is -2.18. The molecule has 1 aromatic carbocycles. The highest BCUT2D eigenvalue weighted by atomic mass is 19.3. The maximum atomic E-state index is 15.1. The molecule has 12 heteroatoms. The van der Waals surface area contributed by atoms with Gasteiger partial charge in [0, 0.05) is 5.56 Å². The van der Waals surface area contributed by atoms with E-state index >= 15 is 4.39 Å². The number of alkyl halides is 2. The highest BCUT2D eigenvalue weighted by molar-refractivity contribution is 6.02. The monoisotopic (exact) mass is 631 g/mol. The number of carbonyl (C=O) groups excluding carboxylic acids is 3. The van der Waals surface area contributed by atoms with Gasteiger partial charge < -0.3 is 15.4 Å². The molecule has 46 heavy (non-hydrogen) atoms. The summed E-state index contributed by atoms with van der Waals surface area (Å²) in [4.78, 5) is 43.6. The van der Waals surface area contributed by atoms with Gasteiger partial charge in [-0.05, 0) is 78.8 Å². The van der Waals surface area contributed by atoms with Crippen LogP contribution in [0, 0.1) is 12.7 Å². The van der Waals surface area contributed by atoms with Gasteiger partial charge in [-0.15, -0.1) is 0 Å². The lowest BCUT2D eigenvalue weighted by atomic mass is 9.98. The van der Waals surface area contributed by atoms with Gasteiger partial charge in [0.1, 0.15) is 23.5 Å². The summed E-state index contributed by atoms with van der Waals surface area (Å²) in [6, 6.07) is 8.41. The molecule has 0 saturated heterocycles. The van der Waals surface area contributed by atoms with Gasteiger partial charge in [0.2, 0.25) is 0 Å². The fourth-order valence-corrected chi connectivity index (χ4v) is 5.75. The SMILES string of the molecule is C=CCOC(=O)c1ccc2c(c1C)CC[C@@H]2NC(=O)c1cc(C(=O)NCc2cccc(C(F)(F)C=C)n2)c(CC)c2c(F)cnn12. The Labute approximate surface area is 263 Å². The van der Waals surface area contributed by atoms with Crippen LogP contribution in [0.15, 0.2) is 67.9 Å². The number of aromatic nitrogens is 3. The Hall–Kier alpha value is -5.26. The number of carbonyl (C=O) groups is 3. The van der Waals surface area contributed by atoms with E-state index in [1.165, 1.54) is 28.8 Å². The van der Waals surface area contributed by atoms with Crippen LogP contribution in [0.4, 0.5) is 13.2 Å². The zero-order valence-corrected chi connectivity index (χ0v) is 25.3. The Balaban J connectivity index is 1.42. The van der Waals surface area contributed by atoms with Crippen molar-refractivity contribution in [3.8, 4) is 0 Å². The minimum Gasteiger partial charge on any atom is -0.458 e. The van der Waals surface area contributed by atoms with Crippen molar-refractivity contribution in [2.75, 3.05) is 6.61 Å². The molecular weight excluding hydrogens is 599 g/mol. The third kappa shape index (κ3) is 6.02. The molecule has 3 aromatic heterocycles. The summed E-state index contributed by atoms with van der Waals surface area (Å²) in [5.41, 5.74) is 2.90. The summed E-state index contributed by atoms with van der Waals surface area (Å²) in [5, 5.41) is 9.70. The van der Waals surface area contributed by atoms with E-state index in [0.717, 1.165) is 29.0 Å². The number of ether oxygens (including phenoxy) is 1. The van der Waals surface area contributed by atoms with E-state index in [1.54, 1.807) is 19.1 Å². The molecule has 0 aliphatic heterocycles. The zero-order valence-electron chi connectivity index (χ0n) is 25.3. The van der Waals surface area contributed by atoms with Crippen molar-refractivity contribution in [3.05, 3.63) is 124 Å². The van der Waals surface area contributed by atoms with Crippen LogP contribution in [-0.4, -0.2) is 39.0 Å². The number of amides is 2. The number of fused-ring (bicyclic) bond motifs is 2. The van der Waals surface area contributed by atoms with Crippen LogP contribution in [0.2, 0.25) is 0 Å². The number of pyridine rings is 2. The van der Waals surface area contributed by atoms with Gasteiger partial charge in [-0.25, -0.2) is 18.7 Å². The predicted octanol–water partition coefficient (Wildman–Crippen LogP) is 5.71. The number of nitrogens with zero attached hydrogens (tertiary/aromatic N) is 3. The Morgan fingerprint density at radius 3 is 2.65 bits per heavy atom. The molecule has 238 valence electrons. The van der Waals surface area contributed by atoms with Crippen LogP contribution in [0.5, 0.6) is 0 Å². The van der Waals surface area contributed by atoms with Crippen LogP contribution in [0.25, 0.3) is 5.52 Å². The van der Waals surface area contributed by atoms with E-state index in [1.807, 2.05) is 6.92 Å². The summed E-state index contributed by atoms with van der Waals surface area (Å²) in [6.45, 7) is 10.1. The minimum atomic E-state index is -3.35. The number of hydrogen-bond acceptors (Lipinski definition) is 6. The Morgan fingerprint density at radius 2 is 1.93 bits per heavy atom. The summed E-state index contributed by atoms with van der Waals surface area (Å²) in [5.74, 6) is -5.75. The molecule has 0 saturated carbocycles. The summed E-state index contributed by atoms with van der Waals surface area (Å²) in [6.07, 6.45) is 4.35. The topological polar surface area (TPSA) is 115 Å². The molecule has 5 rings (SSSR count). The molecular formula is C34H32F3N5O4. The number of allylic oxidation sites excluding steroid dienone is 1. The molecule has 0 fully saturated rings. The summed E-state index contributed by atoms with van der Waals surface area (Å²) < 4.78 is 49.6. The van der Waals surface area contributed by atoms with Crippen LogP contribution in [-0.2, 0) is 30.0 Å². The molecule has 1 aliphatic carbocycles. The van der Waals surface area contributed by atoms with Crippen molar-refractivity contribution in [2.24, 2.45) is 0 Å². The first-order valence-electron chi connectivity index (χ1n) is 14.7. The number of halogens is 3. The highest BCUT2D eigenvalue weighted by Crippen LogP contribution is 2.35. The lowest BCUT2D eigenvalue weighted by Crippen LogP contribution is -2.31. The van der Waals surface area contributed by atoms with Gasteiger partial charge in [-0.2, -0.15) is 13.9 Å². The first kappa shape index (κ1) is 32.1. The second-order valence-corrected chi connectivity index (χ2v) is 10.8. The molecule has 0 spiro atoms. The van der Waals surface area contributed by atoms with Crippen molar-refractivity contribution in [3.63, 3.8) is 0 Å². The number of nitrogens with one attached hydrogen (secondary N) is 2. The molecule has 2 amide bonds. The molecule has 9 nitrogen and oxygen atoms in total. The second-order valence-electron chi connectivity index (χ2n) is 10.8. The van der Waals surface area contributed by atoms with Crippen molar-refractivity contribution in [2.45, 2.75) is 51.6 Å². The van der Waals surface area contributed by atoms with Crippen LogP contribution < -0.4 is 10.6 Å². The summed E-state index contributed by atoms with van der Waals surface area (Å²) >= 11 is 0. The fraction of sp³-hybridized carbons (Fsp3) is 0.265. The molecule has 4 aromatic rings. The largest absolute Gasteiger partial charge is 0.458 e. The first-order valence-corrected chi connectivity index (χ1v) is 14.7. The van der Waals surface area contributed by atoms with Gasteiger partial charge in [-0.1, -0.05) is 38.3 Å².